The van der Waals surface area contributed by atoms with E-state index < -0.39 is 4.33 Å². The molecule has 4 heteroatoms. The molecule has 1 aromatic rings. The number of rotatable bonds is 1. The fraction of sp³-hybridized carbons (Fsp3) is 0.684. The number of ether oxygens (including phenoxy) is 2. The van der Waals surface area contributed by atoms with Gasteiger partial charge in [0, 0.05) is 17.4 Å². The van der Waals surface area contributed by atoms with E-state index in [1.807, 2.05) is 12.1 Å². The highest BCUT2D eigenvalue weighted by atomic mass is 35.5. The lowest BCUT2D eigenvalue weighted by molar-refractivity contribution is -0.199. The number of para-hydroxylation sites is 1. The lowest BCUT2D eigenvalue weighted by Crippen LogP contribution is -2.52. The first-order chi connectivity index (χ1) is 10.7. The first-order valence-corrected chi connectivity index (χ1v) is 9.26. The predicted molar refractivity (Wildman–Crippen MR) is 93.2 cm³/mol. The molecule has 126 valence electrons. The second-order valence-corrected chi connectivity index (χ2v) is 9.62. The van der Waals surface area contributed by atoms with Gasteiger partial charge in [0.2, 0.25) is 0 Å². The van der Waals surface area contributed by atoms with E-state index in [1.54, 1.807) is 0 Å². The van der Waals surface area contributed by atoms with Gasteiger partial charge in [-0.3, -0.25) is 0 Å². The minimum atomic E-state index is -0.651. The maximum atomic E-state index is 6.72. The summed E-state index contributed by atoms with van der Waals surface area (Å²) in [5, 5.41) is 0. The molecule has 2 heterocycles. The van der Waals surface area contributed by atoms with Gasteiger partial charge < -0.3 is 9.47 Å². The van der Waals surface area contributed by atoms with Crippen LogP contribution in [0, 0.1) is 17.8 Å². The van der Waals surface area contributed by atoms with Gasteiger partial charge in [-0.2, -0.15) is 0 Å². The third-order valence-corrected chi connectivity index (χ3v) is 7.43. The second kappa shape index (κ2) is 4.80. The van der Waals surface area contributed by atoms with Crippen LogP contribution in [0.25, 0.3) is 0 Å². The molecule has 0 bridgehead atoms. The van der Waals surface area contributed by atoms with Gasteiger partial charge in [0.1, 0.15) is 15.7 Å². The summed E-state index contributed by atoms with van der Waals surface area (Å²) in [5.41, 5.74) is 0.657. The first-order valence-electron chi connectivity index (χ1n) is 8.50. The molecule has 3 aliphatic rings. The third-order valence-electron chi connectivity index (χ3n) is 6.28. The molecule has 2 nitrogen and oxygen atoms in total. The molecule has 2 fully saturated rings. The molecule has 2 aliphatic heterocycles. The molecule has 23 heavy (non-hydrogen) atoms. The number of hydrogen-bond donors (Lipinski definition) is 0. The van der Waals surface area contributed by atoms with Crippen LogP contribution in [0.1, 0.15) is 52.2 Å². The second-order valence-electron chi connectivity index (χ2n) is 8.18. The monoisotopic (exact) mass is 354 g/mol. The van der Waals surface area contributed by atoms with E-state index in [0.29, 0.717) is 5.92 Å². The Kier molecular flexibility index (Phi) is 3.35. The lowest BCUT2D eigenvalue weighted by atomic mass is 9.72. The van der Waals surface area contributed by atoms with Crippen molar-refractivity contribution < 1.29 is 9.47 Å². The van der Waals surface area contributed by atoms with Gasteiger partial charge in [-0.1, -0.05) is 25.1 Å². The average molecular weight is 355 g/mol. The largest absolute Gasteiger partial charge is 0.487 e. The summed E-state index contributed by atoms with van der Waals surface area (Å²) >= 11 is 12.9. The average Bonchev–Trinajstić information content (AvgIpc) is 2.97. The molecular formula is C19H24Cl2O2. The van der Waals surface area contributed by atoms with E-state index >= 15 is 0 Å². The zero-order valence-corrected chi connectivity index (χ0v) is 15.6. The highest BCUT2D eigenvalue weighted by Gasteiger charge is 2.69. The van der Waals surface area contributed by atoms with Crippen LogP contribution < -0.4 is 4.74 Å². The maximum absolute atomic E-state index is 6.72. The summed E-state index contributed by atoms with van der Waals surface area (Å²) in [6.07, 6.45) is 2.08. The molecule has 1 aliphatic carbocycles. The fourth-order valence-electron chi connectivity index (χ4n) is 4.83. The Morgan fingerprint density at radius 2 is 1.78 bits per heavy atom. The van der Waals surface area contributed by atoms with Crippen molar-refractivity contribution in [3.8, 4) is 5.75 Å². The SMILES string of the molecule is C[C@H]1[C@H]([C@]2(C)CC[C@@H]3[C@@H](O2)c2ccccc2OC3(C)C)C1(Cl)Cl. The van der Waals surface area contributed by atoms with Crippen molar-refractivity contribution in [2.24, 2.45) is 17.8 Å². The zero-order chi connectivity index (χ0) is 16.6. The van der Waals surface area contributed by atoms with Crippen LogP contribution in [0.2, 0.25) is 0 Å². The molecule has 1 saturated carbocycles. The van der Waals surface area contributed by atoms with Crippen LogP contribution in [0.5, 0.6) is 5.75 Å². The van der Waals surface area contributed by atoms with Crippen molar-refractivity contribution in [3.05, 3.63) is 29.8 Å². The van der Waals surface area contributed by atoms with Gasteiger partial charge in [-0.05, 0) is 45.6 Å². The van der Waals surface area contributed by atoms with Gasteiger partial charge in [-0.25, -0.2) is 0 Å². The van der Waals surface area contributed by atoms with Crippen molar-refractivity contribution in [1.29, 1.82) is 0 Å². The van der Waals surface area contributed by atoms with Crippen molar-refractivity contribution in [2.45, 2.75) is 62.2 Å². The molecule has 0 spiro atoms. The first kappa shape index (κ1) is 16.1. The number of halogens is 2. The minimum Gasteiger partial charge on any atom is -0.487 e. The Morgan fingerprint density at radius 1 is 1.13 bits per heavy atom. The molecule has 0 aromatic heterocycles. The van der Waals surface area contributed by atoms with Gasteiger partial charge in [0.05, 0.1) is 11.7 Å². The topological polar surface area (TPSA) is 18.5 Å². The molecular weight excluding hydrogens is 331 g/mol. The van der Waals surface area contributed by atoms with E-state index in [-0.39, 0.29) is 29.1 Å². The Hall–Kier alpha value is -0.440. The fourth-order valence-corrected chi connectivity index (χ4v) is 5.79. The number of hydrogen-bond acceptors (Lipinski definition) is 2. The number of fused-ring (bicyclic) bond motifs is 3. The van der Waals surface area contributed by atoms with Crippen molar-refractivity contribution in [2.75, 3.05) is 0 Å². The number of alkyl halides is 2. The smallest absolute Gasteiger partial charge is 0.127 e. The van der Waals surface area contributed by atoms with E-state index in [0.717, 1.165) is 24.2 Å². The highest BCUT2D eigenvalue weighted by Crippen LogP contribution is 2.67. The van der Waals surface area contributed by atoms with E-state index in [4.69, 9.17) is 32.7 Å². The Labute approximate surface area is 148 Å². The molecule has 1 aromatic carbocycles. The predicted octanol–water partition coefficient (Wildman–Crippen LogP) is 5.52. The summed E-state index contributed by atoms with van der Waals surface area (Å²) in [7, 11) is 0. The lowest BCUT2D eigenvalue weighted by Gasteiger charge is -2.52. The summed E-state index contributed by atoms with van der Waals surface area (Å²) in [5.74, 6) is 1.75. The van der Waals surface area contributed by atoms with Crippen molar-refractivity contribution >= 4 is 23.2 Å². The van der Waals surface area contributed by atoms with Crippen LogP contribution in [0.4, 0.5) is 0 Å². The van der Waals surface area contributed by atoms with Crippen LogP contribution >= 0.6 is 23.2 Å². The van der Waals surface area contributed by atoms with E-state index in [2.05, 4.69) is 39.8 Å². The quantitative estimate of drug-likeness (QED) is 0.617. The van der Waals surface area contributed by atoms with E-state index in [9.17, 15) is 0 Å². The molecule has 0 radical (unpaired) electrons. The molecule has 5 atom stereocenters. The van der Waals surface area contributed by atoms with Crippen LogP contribution in [0.15, 0.2) is 24.3 Å². The standard InChI is InChI=1S/C19H24Cl2O2/c1-11-16(19(11,20)21)18(4)10-9-13-15(23-18)12-7-5-6-8-14(12)22-17(13,2)3/h5-8,11,13,15-16H,9-10H2,1-4H3/t11-,13+,15-,16+,18-/m0/s1. The summed E-state index contributed by atoms with van der Waals surface area (Å²) in [4.78, 5) is 0. The van der Waals surface area contributed by atoms with Crippen LogP contribution in [0.3, 0.4) is 0 Å². The third kappa shape index (κ3) is 2.25. The summed E-state index contributed by atoms with van der Waals surface area (Å²) < 4.78 is 12.3. The highest BCUT2D eigenvalue weighted by molar-refractivity contribution is 6.51. The van der Waals surface area contributed by atoms with Gasteiger partial charge in [0.15, 0.2) is 0 Å². The maximum Gasteiger partial charge on any atom is 0.127 e. The summed E-state index contributed by atoms with van der Waals surface area (Å²) in [6, 6.07) is 8.23. The van der Waals surface area contributed by atoms with Gasteiger partial charge in [0.25, 0.3) is 0 Å². The van der Waals surface area contributed by atoms with Gasteiger partial charge >= 0.3 is 0 Å². The Balaban J connectivity index is 1.71. The van der Waals surface area contributed by atoms with Crippen molar-refractivity contribution in [3.63, 3.8) is 0 Å². The molecule has 0 amide bonds. The molecule has 1 saturated heterocycles. The molecule has 0 unspecified atom stereocenters. The van der Waals surface area contributed by atoms with E-state index in [1.165, 1.54) is 0 Å². The van der Waals surface area contributed by atoms with Crippen LogP contribution in [-0.4, -0.2) is 15.5 Å². The summed E-state index contributed by atoms with van der Waals surface area (Å²) in [6.45, 7) is 8.63. The zero-order valence-electron chi connectivity index (χ0n) is 14.1. The van der Waals surface area contributed by atoms with Gasteiger partial charge in [-0.15, -0.1) is 23.2 Å². The molecule has 4 rings (SSSR count). The Morgan fingerprint density at radius 3 is 2.43 bits per heavy atom. The van der Waals surface area contributed by atoms with Crippen LogP contribution in [-0.2, 0) is 4.74 Å². The molecule has 0 N–H and O–H groups in total. The normalized spacial score (nSPS) is 43.0. The minimum absolute atomic E-state index is 0.0469. The Bertz CT molecular complexity index is 642. The number of benzene rings is 1. The van der Waals surface area contributed by atoms with Crippen molar-refractivity contribution in [1.82, 2.24) is 0 Å².